The summed E-state index contributed by atoms with van der Waals surface area (Å²) in [5.41, 5.74) is 0.141. The number of likely N-dealkylation sites (tertiary alicyclic amines) is 1. The van der Waals surface area contributed by atoms with Gasteiger partial charge in [-0.05, 0) is 56.2 Å². The van der Waals surface area contributed by atoms with E-state index in [0.717, 1.165) is 57.5 Å². The first-order valence-electron chi connectivity index (χ1n) is 10.3. The van der Waals surface area contributed by atoms with Crippen molar-refractivity contribution < 1.29 is 13.2 Å². The highest BCUT2D eigenvalue weighted by Crippen LogP contribution is 2.30. The first-order valence-corrected chi connectivity index (χ1v) is 11.7. The minimum Gasteiger partial charge on any atom is -0.357 e. The first kappa shape index (κ1) is 23.9. The number of alkyl halides is 3. The molecule has 2 rings (SSSR count). The molecule has 0 unspecified atom stereocenters. The number of rotatable bonds is 9. The van der Waals surface area contributed by atoms with Crippen molar-refractivity contribution in [1.29, 1.82) is 0 Å². The van der Waals surface area contributed by atoms with Gasteiger partial charge in [-0.15, -0.1) is 0 Å². The second-order valence-electron chi connectivity index (χ2n) is 7.35. The van der Waals surface area contributed by atoms with E-state index in [4.69, 9.17) is 0 Å². The Bertz CT molecular complexity index is 629. The normalized spacial score (nSPS) is 16.8. The van der Waals surface area contributed by atoms with Gasteiger partial charge in [-0.3, -0.25) is 9.89 Å². The van der Waals surface area contributed by atoms with Crippen LogP contribution in [-0.2, 0) is 12.7 Å². The summed E-state index contributed by atoms with van der Waals surface area (Å²) in [4.78, 5) is 6.89. The van der Waals surface area contributed by atoms with Gasteiger partial charge in [-0.25, -0.2) is 0 Å². The average molecular weight is 431 g/mol. The molecule has 4 nitrogen and oxygen atoms in total. The lowest BCUT2D eigenvalue weighted by molar-refractivity contribution is -0.137. The highest BCUT2D eigenvalue weighted by atomic mass is 32.2. The molecule has 1 aromatic carbocycles. The predicted octanol–water partition coefficient (Wildman–Crippen LogP) is 4.37. The largest absolute Gasteiger partial charge is 0.416 e. The number of benzene rings is 1. The Kier molecular flexibility index (Phi) is 10.1. The van der Waals surface area contributed by atoms with Crippen LogP contribution < -0.4 is 10.6 Å². The van der Waals surface area contributed by atoms with Gasteiger partial charge in [0, 0.05) is 38.8 Å². The summed E-state index contributed by atoms with van der Waals surface area (Å²) in [6, 6.07) is 5.99. The Hall–Kier alpha value is -1.41. The summed E-state index contributed by atoms with van der Waals surface area (Å²) < 4.78 is 38.7. The molecular formula is C21H33F3N4S. The number of guanidine groups is 1. The van der Waals surface area contributed by atoms with E-state index < -0.39 is 11.7 Å². The molecule has 0 bridgehead atoms. The minimum atomic E-state index is -4.29. The molecule has 1 aromatic rings. The summed E-state index contributed by atoms with van der Waals surface area (Å²) in [6.07, 6.45) is 2.01. The molecule has 0 aromatic heterocycles. The Balaban J connectivity index is 1.79. The van der Waals surface area contributed by atoms with E-state index >= 15 is 0 Å². The second-order valence-corrected chi connectivity index (χ2v) is 8.34. The Morgan fingerprint density at radius 1 is 1.24 bits per heavy atom. The third-order valence-corrected chi connectivity index (χ3v) is 5.66. The topological polar surface area (TPSA) is 39.7 Å². The predicted molar refractivity (Wildman–Crippen MR) is 116 cm³/mol. The number of unbranched alkanes of at least 4 members (excludes halogenated alkanes) is 1. The van der Waals surface area contributed by atoms with Crippen LogP contribution in [-0.4, -0.2) is 55.1 Å². The first-order chi connectivity index (χ1) is 13.9. The van der Waals surface area contributed by atoms with Crippen LogP contribution in [0.3, 0.4) is 0 Å². The standard InChI is InChI=1S/C21H33F3N4S/c1-3-25-20(26-11-4-5-14-29-2)27-19-9-12-28(13-10-19)16-17-7-6-8-18(15-17)21(22,23)24/h6-8,15,19H,3-5,9-14,16H2,1-2H3,(H2,25,26,27). The maximum atomic E-state index is 12.9. The van der Waals surface area contributed by atoms with E-state index in [2.05, 4.69) is 33.7 Å². The van der Waals surface area contributed by atoms with Crippen molar-refractivity contribution in [2.45, 2.75) is 51.4 Å². The van der Waals surface area contributed by atoms with Crippen LogP contribution in [0.1, 0.15) is 43.7 Å². The van der Waals surface area contributed by atoms with Gasteiger partial charge in [-0.1, -0.05) is 18.2 Å². The van der Waals surface area contributed by atoms with Crippen molar-refractivity contribution in [1.82, 2.24) is 15.5 Å². The van der Waals surface area contributed by atoms with Crippen LogP contribution in [0, 0.1) is 0 Å². The second kappa shape index (κ2) is 12.3. The van der Waals surface area contributed by atoms with Crippen molar-refractivity contribution in [2.24, 2.45) is 4.99 Å². The van der Waals surface area contributed by atoms with Crippen LogP contribution in [0.2, 0.25) is 0 Å². The number of thioether (sulfide) groups is 1. The summed E-state index contributed by atoms with van der Waals surface area (Å²) in [5.74, 6) is 2.04. The van der Waals surface area contributed by atoms with Gasteiger partial charge in [-0.2, -0.15) is 24.9 Å². The average Bonchev–Trinajstić information content (AvgIpc) is 2.69. The van der Waals surface area contributed by atoms with Crippen molar-refractivity contribution >= 4 is 17.7 Å². The van der Waals surface area contributed by atoms with Crippen molar-refractivity contribution in [3.63, 3.8) is 0 Å². The monoisotopic (exact) mass is 430 g/mol. The molecule has 0 atom stereocenters. The SMILES string of the molecule is CCNC(=NCCCCSC)NC1CCN(Cc2cccc(C(F)(F)F)c2)CC1. The minimum absolute atomic E-state index is 0.344. The molecule has 1 fully saturated rings. The molecule has 0 spiro atoms. The molecule has 8 heteroatoms. The molecular weight excluding hydrogens is 397 g/mol. The molecule has 164 valence electrons. The molecule has 0 saturated carbocycles. The highest BCUT2D eigenvalue weighted by Gasteiger charge is 2.30. The fourth-order valence-corrected chi connectivity index (χ4v) is 3.89. The molecule has 29 heavy (non-hydrogen) atoms. The van der Waals surface area contributed by atoms with Gasteiger partial charge in [0.1, 0.15) is 0 Å². The molecule has 1 heterocycles. The number of hydrogen-bond donors (Lipinski definition) is 2. The fraction of sp³-hybridized carbons (Fsp3) is 0.667. The smallest absolute Gasteiger partial charge is 0.357 e. The Morgan fingerprint density at radius 2 is 2.00 bits per heavy atom. The number of halogens is 3. The van der Waals surface area contributed by atoms with Crippen LogP contribution in [0.25, 0.3) is 0 Å². The molecule has 0 amide bonds. The quantitative estimate of drug-likeness (QED) is 0.347. The van der Waals surface area contributed by atoms with E-state index in [0.29, 0.717) is 18.2 Å². The summed E-state index contributed by atoms with van der Waals surface area (Å²) >= 11 is 1.86. The van der Waals surface area contributed by atoms with Gasteiger partial charge in [0.2, 0.25) is 0 Å². The summed E-state index contributed by atoms with van der Waals surface area (Å²) in [6.45, 7) is 5.99. The van der Waals surface area contributed by atoms with Crippen molar-refractivity contribution in [3.8, 4) is 0 Å². The lowest BCUT2D eigenvalue weighted by atomic mass is 10.0. The lowest BCUT2D eigenvalue weighted by Crippen LogP contribution is -2.48. The molecule has 1 aliphatic heterocycles. The molecule has 1 saturated heterocycles. The molecule has 2 N–H and O–H groups in total. The zero-order valence-corrected chi connectivity index (χ0v) is 18.2. The van der Waals surface area contributed by atoms with Gasteiger partial charge >= 0.3 is 6.18 Å². The molecule has 0 aliphatic carbocycles. The van der Waals surface area contributed by atoms with E-state index in [1.165, 1.54) is 24.3 Å². The lowest BCUT2D eigenvalue weighted by Gasteiger charge is -2.33. The van der Waals surface area contributed by atoms with E-state index in [9.17, 15) is 13.2 Å². The van der Waals surface area contributed by atoms with E-state index in [-0.39, 0.29) is 0 Å². The van der Waals surface area contributed by atoms with Crippen LogP contribution >= 0.6 is 11.8 Å². The van der Waals surface area contributed by atoms with Crippen molar-refractivity contribution in [3.05, 3.63) is 35.4 Å². The number of aliphatic imine (C=N–C) groups is 1. The summed E-state index contributed by atoms with van der Waals surface area (Å²) in [7, 11) is 0. The van der Waals surface area contributed by atoms with Gasteiger partial charge in [0.25, 0.3) is 0 Å². The summed E-state index contributed by atoms with van der Waals surface area (Å²) in [5, 5.41) is 6.83. The number of nitrogens with one attached hydrogen (secondary N) is 2. The van der Waals surface area contributed by atoms with Crippen LogP contribution in [0.5, 0.6) is 0 Å². The van der Waals surface area contributed by atoms with Crippen LogP contribution in [0.4, 0.5) is 13.2 Å². The third kappa shape index (κ3) is 8.86. The van der Waals surface area contributed by atoms with Crippen molar-refractivity contribution in [2.75, 3.05) is 38.2 Å². The number of nitrogens with zero attached hydrogens (tertiary/aromatic N) is 2. The maximum absolute atomic E-state index is 12.9. The molecule has 1 aliphatic rings. The number of piperidine rings is 1. The van der Waals surface area contributed by atoms with Gasteiger partial charge < -0.3 is 10.6 Å². The Labute approximate surface area is 176 Å². The fourth-order valence-electron chi connectivity index (χ4n) is 3.40. The third-order valence-electron chi connectivity index (χ3n) is 4.96. The zero-order valence-electron chi connectivity index (χ0n) is 17.4. The van der Waals surface area contributed by atoms with Gasteiger partial charge in [0.15, 0.2) is 5.96 Å². The number of hydrogen-bond acceptors (Lipinski definition) is 3. The van der Waals surface area contributed by atoms with E-state index in [1.54, 1.807) is 6.07 Å². The molecule has 0 radical (unpaired) electrons. The van der Waals surface area contributed by atoms with Crippen LogP contribution in [0.15, 0.2) is 29.3 Å². The highest BCUT2D eigenvalue weighted by molar-refractivity contribution is 7.98. The zero-order chi connectivity index (χ0) is 21.1. The van der Waals surface area contributed by atoms with Gasteiger partial charge in [0.05, 0.1) is 5.56 Å². The maximum Gasteiger partial charge on any atom is 0.416 e. The van der Waals surface area contributed by atoms with E-state index in [1.807, 2.05) is 11.8 Å². The Morgan fingerprint density at radius 3 is 2.66 bits per heavy atom.